The van der Waals surface area contributed by atoms with E-state index in [1.54, 1.807) is 4.68 Å². The summed E-state index contributed by atoms with van der Waals surface area (Å²) < 4.78 is 7.70. The lowest BCUT2D eigenvalue weighted by Crippen LogP contribution is -2.01. The summed E-state index contributed by atoms with van der Waals surface area (Å²) in [6.07, 6.45) is 2.32. The molecule has 140 valence electrons. The zero-order valence-corrected chi connectivity index (χ0v) is 15.2. The summed E-state index contributed by atoms with van der Waals surface area (Å²) in [6.45, 7) is 0.632. The molecule has 1 N–H and O–H groups in total. The molecule has 0 aliphatic rings. The highest BCUT2D eigenvalue weighted by Crippen LogP contribution is 2.25. The number of hydrogen-bond donors (Lipinski definition) is 1. The molecular weight excluding hydrogens is 354 g/mol. The van der Waals surface area contributed by atoms with Gasteiger partial charge in [0.25, 0.3) is 0 Å². The standard InChI is InChI=1S/C22H19N3O3/c26-11-10-19-15-25(24-23-19)14-16-6-8-18(9-7-16)22-13-20(27)12-21(28-22)17-4-2-1-3-5-17/h1-9,12-13,15,26H,10-11,14H2. The Labute approximate surface area is 161 Å². The smallest absolute Gasteiger partial charge is 0.186 e. The maximum Gasteiger partial charge on any atom is 0.186 e. The van der Waals surface area contributed by atoms with E-state index in [9.17, 15) is 4.79 Å². The van der Waals surface area contributed by atoms with E-state index in [4.69, 9.17) is 9.52 Å². The van der Waals surface area contributed by atoms with Crippen molar-refractivity contribution in [2.45, 2.75) is 13.0 Å². The van der Waals surface area contributed by atoms with Gasteiger partial charge in [0.15, 0.2) is 5.43 Å². The van der Waals surface area contributed by atoms with E-state index in [1.165, 1.54) is 12.1 Å². The topological polar surface area (TPSA) is 81.2 Å². The van der Waals surface area contributed by atoms with Crippen molar-refractivity contribution in [1.82, 2.24) is 15.0 Å². The van der Waals surface area contributed by atoms with Gasteiger partial charge in [0.05, 0.1) is 12.2 Å². The minimum absolute atomic E-state index is 0.0562. The van der Waals surface area contributed by atoms with Crippen LogP contribution in [0.2, 0.25) is 0 Å². The van der Waals surface area contributed by atoms with Crippen LogP contribution in [0.25, 0.3) is 22.6 Å². The maximum absolute atomic E-state index is 12.1. The average molecular weight is 373 g/mol. The minimum atomic E-state index is -0.0943. The normalized spacial score (nSPS) is 10.9. The van der Waals surface area contributed by atoms with Gasteiger partial charge in [-0.25, -0.2) is 4.68 Å². The first-order chi connectivity index (χ1) is 13.7. The molecule has 2 aromatic carbocycles. The van der Waals surface area contributed by atoms with Crippen molar-refractivity contribution in [3.8, 4) is 22.6 Å². The Kier molecular flexibility index (Phi) is 5.12. The molecule has 0 fully saturated rings. The van der Waals surface area contributed by atoms with Gasteiger partial charge in [-0.15, -0.1) is 5.10 Å². The lowest BCUT2D eigenvalue weighted by molar-refractivity contribution is 0.298. The van der Waals surface area contributed by atoms with Gasteiger partial charge < -0.3 is 9.52 Å². The van der Waals surface area contributed by atoms with Crippen LogP contribution in [-0.2, 0) is 13.0 Å². The van der Waals surface area contributed by atoms with Crippen molar-refractivity contribution in [3.63, 3.8) is 0 Å². The SMILES string of the molecule is O=c1cc(-c2ccccc2)oc(-c2ccc(Cn3cc(CCO)nn3)cc2)c1. The Balaban J connectivity index is 1.57. The van der Waals surface area contributed by atoms with Crippen molar-refractivity contribution >= 4 is 0 Å². The van der Waals surface area contributed by atoms with Crippen molar-refractivity contribution in [1.29, 1.82) is 0 Å². The van der Waals surface area contributed by atoms with E-state index in [0.717, 1.165) is 22.4 Å². The van der Waals surface area contributed by atoms with Gasteiger partial charge in [-0.2, -0.15) is 0 Å². The van der Waals surface area contributed by atoms with E-state index in [1.807, 2.05) is 60.8 Å². The van der Waals surface area contributed by atoms with Gasteiger partial charge in [-0.1, -0.05) is 59.8 Å². The Morgan fingerprint density at radius 2 is 1.61 bits per heavy atom. The zero-order chi connectivity index (χ0) is 19.3. The van der Waals surface area contributed by atoms with Crippen LogP contribution < -0.4 is 5.43 Å². The number of benzene rings is 2. The lowest BCUT2D eigenvalue weighted by atomic mass is 10.1. The highest BCUT2D eigenvalue weighted by Gasteiger charge is 2.08. The molecule has 0 unspecified atom stereocenters. The van der Waals surface area contributed by atoms with E-state index in [-0.39, 0.29) is 12.0 Å². The molecule has 6 nitrogen and oxygen atoms in total. The molecule has 6 heteroatoms. The molecule has 0 bridgehead atoms. The first-order valence-corrected chi connectivity index (χ1v) is 9.01. The molecule has 0 saturated heterocycles. The van der Waals surface area contributed by atoms with E-state index >= 15 is 0 Å². The second kappa shape index (κ2) is 8.02. The van der Waals surface area contributed by atoms with Crippen LogP contribution in [0.4, 0.5) is 0 Å². The van der Waals surface area contributed by atoms with Crippen molar-refractivity contribution < 1.29 is 9.52 Å². The Bertz CT molecular complexity index is 1120. The van der Waals surface area contributed by atoms with Crippen LogP contribution in [-0.4, -0.2) is 26.7 Å². The fourth-order valence-corrected chi connectivity index (χ4v) is 2.97. The molecule has 0 aliphatic heterocycles. The average Bonchev–Trinajstić information content (AvgIpc) is 3.16. The third kappa shape index (κ3) is 4.07. The van der Waals surface area contributed by atoms with Crippen LogP contribution in [0.5, 0.6) is 0 Å². The molecule has 2 aromatic heterocycles. The second-order valence-corrected chi connectivity index (χ2v) is 6.47. The third-order valence-electron chi connectivity index (χ3n) is 4.36. The summed E-state index contributed by atoms with van der Waals surface area (Å²) in [7, 11) is 0. The maximum atomic E-state index is 12.1. The first-order valence-electron chi connectivity index (χ1n) is 9.01. The number of aliphatic hydroxyl groups excluding tert-OH is 1. The van der Waals surface area contributed by atoms with Crippen molar-refractivity contribution in [3.05, 3.63) is 94.4 Å². The predicted molar refractivity (Wildman–Crippen MR) is 106 cm³/mol. The predicted octanol–water partition coefficient (Wildman–Crippen LogP) is 3.15. The van der Waals surface area contributed by atoms with Gasteiger partial charge in [0.1, 0.15) is 11.5 Å². The molecule has 0 amide bonds. The van der Waals surface area contributed by atoms with Gasteiger partial charge >= 0.3 is 0 Å². The summed E-state index contributed by atoms with van der Waals surface area (Å²) in [4.78, 5) is 12.1. The lowest BCUT2D eigenvalue weighted by Gasteiger charge is -2.06. The van der Waals surface area contributed by atoms with Gasteiger partial charge in [-0.3, -0.25) is 4.79 Å². The highest BCUT2D eigenvalue weighted by molar-refractivity contribution is 5.62. The molecule has 4 aromatic rings. The van der Waals surface area contributed by atoms with Crippen LogP contribution in [0.1, 0.15) is 11.3 Å². The highest BCUT2D eigenvalue weighted by atomic mass is 16.3. The molecule has 0 saturated carbocycles. The molecule has 0 aliphatic carbocycles. The summed E-state index contributed by atoms with van der Waals surface area (Å²) in [5.41, 5.74) is 3.41. The quantitative estimate of drug-likeness (QED) is 0.561. The molecule has 0 atom stereocenters. The summed E-state index contributed by atoms with van der Waals surface area (Å²) >= 11 is 0. The molecule has 28 heavy (non-hydrogen) atoms. The van der Waals surface area contributed by atoms with Crippen LogP contribution in [0.15, 0.2) is 82.1 Å². The van der Waals surface area contributed by atoms with E-state index < -0.39 is 0 Å². The Morgan fingerprint density at radius 1 is 0.929 bits per heavy atom. The number of nitrogens with zero attached hydrogens (tertiary/aromatic N) is 3. The van der Waals surface area contributed by atoms with Crippen LogP contribution in [0, 0.1) is 0 Å². The van der Waals surface area contributed by atoms with Gasteiger partial charge in [0.2, 0.25) is 0 Å². The first kappa shape index (κ1) is 17.9. The van der Waals surface area contributed by atoms with Crippen LogP contribution in [0.3, 0.4) is 0 Å². The number of rotatable bonds is 6. The molecule has 0 radical (unpaired) electrons. The number of hydrogen-bond acceptors (Lipinski definition) is 5. The monoisotopic (exact) mass is 373 g/mol. The van der Waals surface area contributed by atoms with Crippen molar-refractivity contribution in [2.75, 3.05) is 6.61 Å². The molecular formula is C22H19N3O3. The summed E-state index contributed by atoms with van der Waals surface area (Å²) in [6, 6.07) is 20.4. The summed E-state index contributed by atoms with van der Waals surface area (Å²) in [5, 5.41) is 17.0. The minimum Gasteiger partial charge on any atom is -0.456 e. The molecule has 4 rings (SSSR count). The largest absolute Gasteiger partial charge is 0.456 e. The Hall–Kier alpha value is -3.51. The van der Waals surface area contributed by atoms with E-state index in [0.29, 0.717) is 24.5 Å². The zero-order valence-electron chi connectivity index (χ0n) is 15.2. The molecule has 2 heterocycles. The third-order valence-corrected chi connectivity index (χ3v) is 4.36. The molecule has 0 spiro atoms. The van der Waals surface area contributed by atoms with Crippen molar-refractivity contribution in [2.24, 2.45) is 0 Å². The number of aliphatic hydroxyl groups is 1. The van der Waals surface area contributed by atoms with Gasteiger partial charge in [0, 0.05) is 42.5 Å². The second-order valence-electron chi connectivity index (χ2n) is 6.47. The Morgan fingerprint density at radius 3 is 2.29 bits per heavy atom. The fraction of sp³-hybridized carbons (Fsp3) is 0.136. The fourth-order valence-electron chi connectivity index (χ4n) is 2.97. The van der Waals surface area contributed by atoms with Crippen LogP contribution >= 0.6 is 0 Å². The number of aromatic nitrogens is 3. The van der Waals surface area contributed by atoms with Gasteiger partial charge in [-0.05, 0) is 5.56 Å². The van der Waals surface area contributed by atoms with E-state index in [2.05, 4.69) is 10.3 Å². The summed E-state index contributed by atoms with van der Waals surface area (Å²) in [5.74, 6) is 1.08.